The molecule has 0 aliphatic carbocycles. The lowest BCUT2D eigenvalue weighted by Crippen LogP contribution is -2.20. The lowest BCUT2D eigenvalue weighted by Gasteiger charge is -2.09. The van der Waals surface area contributed by atoms with Gasteiger partial charge in [-0.3, -0.25) is 14.2 Å². The number of nitriles is 1. The SMILES string of the molecule is COc1ccccc1NC(=O)c1sc2ncn(CC#N)c(=O)c2c1C. The van der Waals surface area contributed by atoms with Crippen molar-refractivity contribution in [2.45, 2.75) is 13.5 Å². The standard InChI is InChI=1S/C17H14N4O3S/c1-10-13-16(19-9-21(8-7-18)17(13)23)25-14(10)15(22)20-11-5-3-4-6-12(11)24-2/h3-6,9H,8H2,1-2H3,(H,20,22). The lowest BCUT2D eigenvalue weighted by molar-refractivity contribution is 0.102. The van der Waals surface area contributed by atoms with Gasteiger partial charge in [0.05, 0.1) is 29.1 Å². The molecule has 3 rings (SSSR count). The molecule has 0 saturated heterocycles. The van der Waals surface area contributed by atoms with E-state index in [1.165, 1.54) is 18.0 Å². The van der Waals surface area contributed by atoms with E-state index in [9.17, 15) is 9.59 Å². The molecule has 3 aromatic rings. The van der Waals surface area contributed by atoms with Crippen LogP contribution in [0.25, 0.3) is 10.2 Å². The minimum atomic E-state index is -0.337. The van der Waals surface area contributed by atoms with Crippen LogP contribution in [0.4, 0.5) is 5.69 Å². The summed E-state index contributed by atoms with van der Waals surface area (Å²) in [5.41, 5.74) is 0.774. The maximum Gasteiger partial charge on any atom is 0.266 e. The fourth-order valence-electron chi connectivity index (χ4n) is 2.49. The highest BCUT2D eigenvalue weighted by atomic mass is 32.1. The first-order valence-corrected chi connectivity index (χ1v) is 8.18. The van der Waals surface area contributed by atoms with E-state index in [1.54, 1.807) is 31.2 Å². The van der Waals surface area contributed by atoms with E-state index < -0.39 is 0 Å². The zero-order valence-corrected chi connectivity index (χ0v) is 14.4. The van der Waals surface area contributed by atoms with Gasteiger partial charge in [0.2, 0.25) is 0 Å². The van der Waals surface area contributed by atoms with Crippen molar-refractivity contribution in [3.8, 4) is 11.8 Å². The normalized spacial score (nSPS) is 10.4. The van der Waals surface area contributed by atoms with Gasteiger partial charge in [0, 0.05) is 0 Å². The van der Waals surface area contributed by atoms with Crippen LogP contribution >= 0.6 is 11.3 Å². The number of amides is 1. The van der Waals surface area contributed by atoms with Gasteiger partial charge in [-0.1, -0.05) is 12.1 Å². The largest absolute Gasteiger partial charge is 0.495 e. The monoisotopic (exact) mass is 354 g/mol. The molecule has 126 valence electrons. The van der Waals surface area contributed by atoms with Gasteiger partial charge in [-0.05, 0) is 24.6 Å². The zero-order valence-electron chi connectivity index (χ0n) is 13.6. The number of benzene rings is 1. The number of hydrogen-bond acceptors (Lipinski definition) is 6. The third-order valence-corrected chi connectivity index (χ3v) is 4.92. The average Bonchev–Trinajstić information content (AvgIpc) is 2.95. The number of ether oxygens (including phenoxy) is 1. The molecule has 0 bridgehead atoms. The molecule has 25 heavy (non-hydrogen) atoms. The predicted molar refractivity (Wildman–Crippen MR) is 95.2 cm³/mol. The summed E-state index contributed by atoms with van der Waals surface area (Å²) >= 11 is 1.15. The summed E-state index contributed by atoms with van der Waals surface area (Å²) in [6.07, 6.45) is 1.33. The molecule has 2 heterocycles. The molecule has 1 N–H and O–H groups in total. The Morgan fingerprint density at radius 3 is 2.92 bits per heavy atom. The van der Waals surface area contributed by atoms with Crippen molar-refractivity contribution >= 4 is 33.1 Å². The van der Waals surface area contributed by atoms with Crippen LogP contribution in [0.2, 0.25) is 0 Å². The molecule has 0 saturated carbocycles. The molecule has 0 unspecified atom stereocenters. The first kappa shape index (κ1) is 16.7. The number of nitrogens with zero attached hydrogens (tertiary/aromatic N) is 3. The van der Waals surface area contributed by atoms with Crippen molar-refractivity contribution < 1.29 is 9.53 Å². The topological polar surface area (TPSA) is 97.0 Å². The summed E-state index contributed by atoms with van der Waals surface area (Å²) in [5.74, 6) is 0.209. The van der Waals surface area contributed by atoms with Crippen molar-refractivity contribution in [2.24, 2.45) is 0 Å². The fraction of sp³-hybridized carbons (Fsp3) is 0.176. The lowest BCUT2D eigenvalue weighted by atomic mass is 10.2. The number of para-hydroxylation sites is 2. The Kier molecular flexibility index (Phi) is 4.50. The van der Waals surface area contributed by atoms with Crippen LogP contribution in [0.5, 0.6) is 5.75 Å². The molecule has 7 nitrogen and oxygen atoms in total. The number of aryl methyl sites for hydroxylation is 1. The van der Waals surface area contributed by atoms with Crippen LogP contribution in [0, 0.1) is 18.3 Å². The van der Waals surface area contributed by atoms with E-state index >= 15 is 0 Å². The highest BCUT2D eigenvalue weighted by Crippen LogP contribution is 2.29. The summed E-state index contributed by atoms with van der Waals surface area (Å²) in [4.78, 5) is 30.2. The Labute approximate surface area is 147 Å². The number of nitrogens with one attached hydrogen (secondary N) is 1. The molecule has 0 aliphatic heterocycles. The highest BCUT2D eigenvalue weighted by Gasteiger charge is 2.20. The smallest absolute Gasteiger partial charge is 0.266 e. The van der Waals surface area contributed by atoms with Crippen LogP contribution in [0.1, 0.15) is 15.2 Å². The molecule has 0 aliphatic rings. The van der Waals surface area contributed by atoms with E-state index in [2.05, 4.69) is 10.3 Å². The number of carbonyl (C=O) groups is 1. The Morgan fingerprint density at radius 2 is 2.20 bits per heavy atom. The summed E-state index contributed by atoms with van der Waals surface area (Å²) in [7, 11) is 1.53. The van der Waals surface area contributed by atoms with E-state index in [-0.39, 0.29) is 18.0 Å². The second-order valence-electron chi connectivity index (χ2n) is 5.23. The maximum absolute atomic E-state index is 12.6. The van der Waals surface area contributed by atoms with Crippen LogP contribution < -0.4 is 15.6 Å². The third-order valence-electron chi connectivity index (χ3n) is 3.72. The Bertz CT molecular complexity index is 1060. The Morgan fingerprint density at radius 1 is 1.44 bits per heavy atom. The molecular weight excluding hydrogens is 340 g/mol. The molecule has 0 spiro atoms. The number of methoxy groups -OCH3 is 1. The van der Waals surface area contributed by atoms with Gasteiger partial charge >= 0.3 is 0 Å². The second kappa shape index (κ2) is 6.75. The number of aromatic nitrogens is 2. The van der Waals surface area contributed by atoms with Gasteiger partial charge in [-0.2, -0.15) is 5.26 Å². The predicted octanol–water partition coefficient (Wildman–Crippen LogP) is 2.55. The molecule has 1 amide bonds. The van der Waals surface area contributed by atoms with Gasteiger partial charge in [0.15, 0.2) is 0 Å². The molecule has 8 heteroatoms. The zero-order chi connectivity index (χ0) is 18.0. The Balaban J connectivity index is 2.03. The molecule has 0 atom stereocenters. The first-order chi connectivity index (χ1) is 12.1. The van der Waals surface area contributed by atoms with Crippen molar-refractivity contribution in [2.75, 3.05) is 12.4 Å². The quantitative estimate of drug-likeness (QED) is 0.776. The summed E-state index contributed by atoms with van der Waals surface area (Å²) in [6.45, 7) is 1.62. The van der Waals surface area contributed by atoms with Crippen molar-refractivity contribution in [3.63, 3.8) is 0 Å². The Hall–Kier alpha value is -3.18. The molecule has 0 radical (unpaired) electrons. The first-order valence-electron chi connectivity index (χ1n) is 7.36. The molecule has 0 fully saturated rings. The number of hydrogen-bond donors (Lipinski definition) is 1. The van der Waals surface area contributed by atoms with Crippen LogP contribution in [0.3, 0.4) is 0 Å². The fourth-order valence-corrected chi connectivity index (χ4v) is 3.53. The number of carbonyl (C=O) groups excluding carboxylic acids is 1. The van der Waals surface area contributed by atoms with Crippen LogP contribution in [-0.2, 0) is 6.54 Å². The summed E-state index contributed by atoms with van der Waals surface area (Å²) in [5, 5.41) is 11.9. The maximum atomic E-state index is 12.6. The molecular formula is C17H14N4O3S. The molecule has 2 aromatic heterocycles. The van der Waals surface area contributed by atoms with Crippen molar-refractivity contribution in [1.29, 1.82) is 5.26 Å². The van der Waals surface area contributed by atoms with Crippen LogP contribution in [0.15, 0.2) is 35.4 Å². The van der Waals surface area contributed by atoms with E-state index in [0.717, 1.165) is 11.3 Å². The second-order valence-corrected chi connectivity index (χ2v) is 6.23. The number of thiophene rings is 1. The van der Waals surface area contributed by atoms with Gasteiger partial charge < -0.3 is 10.1 Å². The van der Waals surface area contributed by atoms with E-state index in [4.69, 9.17) is 10.00 Å². The third kappa shape index (κ3) is 2.97. The van der Waals surface area contributed by atoms with Gasteiger partial charge in [-0.25, -0.2) is 4.98 Å². The van der Waals surface area contributed by atoms with Gasteiger partial charge in [0.1, 0.15) is 23.5 Å². The van der Waals surface area contributed by atoms with Crippen molar-refractivity contribution in [3.05, 3.63) is 51.4 Å². The van der Waals surface area contributed by atoms with E-state index in [1.807, 2.05) is 6.07 Å². The van der Waals surface area contributed by atoms with Crippen LogP contribution in [-0.4, -0.2) is 22.6 Å². The summed E-state index contributed by atoms with van der Waals surface area (Å²) in [6, 6.07) is 8.99. The average molecular weight is 354 g/mol. The minimum Gasteiger partial charge on any atom is -0.495 e. The molecule has 1 aromatic carbocycles. The number of fused-ring (bicyclic) bond motifs is 1. The number of anilines is 1. The summed E-state index contributed by atoms with van der Waals surface area (Å²) < 4.78 is 6.45. The van der Waals surface area contributed by atoms with E-state index in [0.29, 0.717) is 32.1 Å². The number of rotatable bonds is 4. The van der Waals surface area contributed by atoms with Gasteiger partial charge in [0.25, 0.3) is 11.5 Å². The minimum absolute atomic E-state index is 0.0835. The highest BCUT2D eigenvalue weighted by molar-refractivity contribution is 7.20. The van der Waals surface area contributed by atoms with Gasteiger partial charge in [-0.15, -0.1) is 11.3 Å². The van der Waals surface area contributed by atoms with Crippen molar-refractivity contribution in [1.82, 2.24) is 9.55 Å².